The zero-order valence-corrected chi connectivity index (χ0v) is 21.4. The first-order valence-electron chi connectivity index (χ1n) is 12.3. The molecule has 0 unspecified atom stereocenters. The summed E-state index contributed by atoms with van der Waals surface area (Å²) in [5.74, 6) is -0.871. The summed E-state index contributed by atoms with van der Waals surface area (Å²) >= 11 is 0. The minimum Gasteiger partial charge on any atom is -0.481 e. The molecule has 9 nitrogen and oxygen atoms in total. The number of rotatable bonds is 8. The average Bonchev–Trinajstić information content (AvgIpc) is 3.52. The van der Waals surface area contributed by atoms with Crippen LogP contribution in [0.4, 0.5) is 11.4 Å². The number of carboxylic acid groups (broad SMARTS) is 1. The van der Waals surface area contributed by atoms with E-state index in [4.69, 9.17) is 9.84 Å². The summed E-state index contributed by atoms with van der Waals surface area (Å²) in [5, 5.41) is 15.4. The Morgan fingerprint density at radius 2 is 1.85 bits per heavy atom. The number of carbonyl (C=O) groups excluding carboxylic acids is 2. The molecule has 2 heterocycles. The van der Waals surface area contributed by atoms with Crippen LogP contribution in [0.2, 0.25) is 0 Å². The Morgan fingerprint density at radius 3 is 2.54 bits per heavy atom. The van der Waals surface area contributed by atoms with Crippen LogP contribution in [0, 0.1) is 0 Å². The van der Waals surface area contributed by atoms with Crippen LogP contribution in [0.1, 0.15) is 33.5 Å². The van der Waals surface area contributed by atoms with E-state index in [1.165, 1.54) is 7.11 Å². The van der Waals surface area contributed by atoms with Crippen LogP contribution in [0.5, 0.6) is 0 Å². The van der Waals surface area contributed by atoms with Crippen molar-refractivity contribution in [3.8, 4) is 11.4 Å². The molecule has 9 heteroatoms. The van der Waals surface area contributed by atoms with E-state index in [0.29, 0.717) is 34.5 Å². The number of carbonyl (C=O) groups is 3. The third kappa shape index (κ3) is 5.28. The van der Waals surface area contributed by atoms with Gasteiger partial charge in [0.1, 0.15) is 5.82 Å². The van der Waals surface area contributed by atoms with Crippen LogP contribution in [-0.4, -0.2) is 39.6 Å². The predicted molar refractivity (Wildman–Crippen MR) is 148 cm³/mol. The first kappa shape index (κ1) is 25.5. The van der Waals surface area contributed by atoms with Gasteiger partial charge in [0.25, 0.3) is 5.91 Å². The van der Waals surface area contributed by atoms with Crippen molar-refractivity contribution in [3.63, 3.8) is 0 Å². The van der Waals surface area contributed by atoms with Crippen molar-refractivity contribution in [2.24, 2.45) is 7.05 Å². The number of nitrogens with zero attached hydrogens (tertiary/aromatic N) is 2. The standard InChI is InChI=1S/C30H26N4O5/c1-34-15-14-31-28(34)19-7-10-22(11-8-19)32-27(20-5-3-4-18(16-20)6-13-25(35)36)26-23-12-9-21(30(38)39-2)17-24(23)33-29(26)37/h3-5,7-12,14-17,32H,6,13H2,1-2H3,(H,33,37)(H,35,36). The van der Waals surface area contributed by atoms with E-state index in [-0.39, 0.29) is 12.3 Å². The van der Waals surface area contributed by atoms with Gasteiger partial charge >= 0.3 is 11.9 Å². The molecule has 0 spiro atoms. The Hall–Kier alpha value is -5.18. The second-order valence-electron chi connectivity index (χ2n) is 9.11. The Kier molecular flexibility index (Phi) is 6.96. The SMILES string of the molecule is COC(=O)c1ccc2c(c1)NC(=O)C2=C(Nc1ccc(-c2nccn2C)cc1)c1cccc(CCC(=O)O)c1. The zero-order valence-electron chi connectivity index (χ0n) is 21.4. The highest BCUT2D eigenvalue weighted by Crippen LogP contribution is 2.38. The third-order valence-electron chi connectivity index (χ3n) is 6.51. The van der Waals surface area contributed by atoms with Crippen LogP contribution in [0.3, 0.4) is 0 Å². The largest absolute Gasteiger partial charge is 0.481 e. The van der Waals surface area contributed by atoms with Crippen LogP contribution < -0.4 is 10.6 Å². The van der Waals surface area contributed by atoms with Crippen molar-refractivity contribution in [1.82, 2.24) is 9.55 Å². The number of nitrogens with one attached hydrogen (secondary N) is 2. The molecule has 1 aliphatic rings. The molecular formula is C30H26N4O5. The van der Waals surface area contributed by atoms with Gasteiger partial charge in [-0.1, -0.05) is 24.3 Å². The fourth-order valence-corrected chi connectivity index (χ4v) is 4.57. The number of fused-ring (bicyclic) bond motifs is 1. The van der Waals surface area contributed by atoms with E-state index in [0.717, 1.165) is 28.2 Å². The highest BCUT2D eigenvalue weighted by Gasteiger charge is 2.29. The summed E-state index contributed by atoms with van der Waals surface area (Å²) in [6.07, 6.45) is 3.97. The van der Waals surface area contributed by atoms with E-state index in [2.05, 4.69) is 15.6 Å². The number of anilines is 2. The maximum Gasteiger partial charge on any atom is 0.337 e. The number of hydrogen-bond acceptors (Lipinski definition) is 6. The van der Waals surface area contributed by atoms with E-state index in [9.17, 15) is 14.4 Å². The van der Waals surface area contributed by atoms with Gasteiger partial charge in [-0.15, -0.1) is 0 Å². The molecule has 0 radical (unpaired) electrons. The minimum absolute atomic E-state index is 0.00291. The zero-order chi connectivity index (χ0) is 27.5. The number of methoxy groups -OCH3 is 1. The van der Waals surface area contributed by atoms with Gasteiger partial charge in [-0.3, -0.25) is 9.59 Å². The van der Waals surface area contributed by atoms with Gasteiger partial charge in [0.15, 0.2) is 0 Å². The molecule has 4 aromatic rings. The number of amides is 1. The van der Waals surface area contributed by atoms with Crippen LogP contribution in [0.15, 0.2) is 79.1 Å². The lowest BCUT2D eigenvalue weighted by Crippen LogP contribution is -2.10. The number of aromatic nitrogens is 2. The molecular weight excluding hydrogens is 496 g/mol. The summed E-state index contributed by atoms with van der Waals surface area (Å²) in [6, 6.07) is 20.1. The molecule has 0 fully saturated rings. The lowest BCUT2D eigenvalue weighted by Gasteiger charge is -2.16. The molecule has 3 N–H and O–H groups in total. The molecule has 3 aromatic carbocycles. The maximum absolute atomic E-state index is 13.3. The highest BCUT2D eigenvalue weighted by molar-refractivity contribution is 6.37. The summed E-state index contributed by atoms with van der Waals surface area (Å²) < 4.78 is 6.75. The first-order chi connectivity index (χ1) is 18.8. The third-order valence-corrected chi connectivity index (χ3v) is 6.51. The van der Waals surface area contributed by atoms with Crippen molar-refractivity contribution in [3.05, 3.63) is 101 Å². The van der Waals surface area contributed by atoms with Gasteiger partial charge < -0.3 is 25.0 Å². The van der Waals surface area contributed by atoms with Crippen LogP contribution >= 0.6 is 0 Å². The summed E-state index contributed by atoms with van der Waals surface area (Å²) in [6.45, 7) is 0. The average molecular weight is 523 g/mol. The number of carboxylic acids is 1. The number of aryl methyl sites for hydroxylation is 2. The monoisotopic (exact) mass is 522 g/mol. The molecule has 39 heavy (non-hydrogen) atoms. The van der Waals surface area contributed by atoms with E-state index in [1.807, 2.05) is 66.3 Å². The fraction of sp³-hybridized carbons (Fsp3) is 0.133. The Morgan fingerprint density at radius 1 is 1.05 bits per heavy atom. The molecule has 0 saturated carbocycles. The summed E-state index contributed by atoms with van der Waals surface area (Å²) in [7, 11) is 3.23. The quantitative estimate of drug-likeness (QED) is 0.224. The lowest BCUT2D eigenvalue weighted by molar-refractivity contribution is -0.137. The summed E-state index contributed by atoms with van der Waals surface area (Å²) in [4.78, 5) is 40.9. The Labute approximate surface area is 224 Å². The lowest BCUT2D eigenvalue weighted by atomic mass is 9.97. The normalized spacial score (nSPS) is 13.4. The molecule has 5 rings (SSSR count). The van der Waals surface area contributed by atoms with Gasteiger partial charge in [-0.2, -0.15) is 0 Å². The van der Waals surface area contributed by atoms with Gasteiger partial charge in [-0.25, -0.2) is 9.78 Å². The number of esters is 1. The van der Waals surface area contributed by atoms with Crippen molar-refractivity contribution in [2.45, 2.75) is 12.8 Å². The number of ether oxygens (including phenoxy) is 1. The molecule has 0 aliphatic carbocycles. The Balaban J connectivity index is 1.59. The van der Waals surface area contributed by atoms with Crippen LogP contribution in [0.25, 0.3) is 22.7 Å². The molecule has 196 valence electrons. The van der Waals surface area contributed by atoms with Gasteiger partial charge in [0, 0.05) is 42.7 Å². The van der Waals surface area contributed by atoms with E-state index >= 15 is 0 Å². The molecule has 0 atom stereocenters. The second kappa shape index (κ2) is 10.7. The second-order valence-corrected chi connectivity index (χ2v) is 9.11. The van der Waals surface area contributed by atoms with Crippen molar-refractivity contribution in [2.75, 3.05) is 17.7 Å². The van der Waals surface area contributed by atoms with Crippen molar-refractivity contribution in [1.29, 1.82) is 0 Å². The molecule has 1 amide bonds. The van der Waals surface area contributed by atoms with Crippen molar-refractivity contribution >= 4 is 40.5 Å². The maximum atomic E-state index is 13.3. The van der Waals surface area contributed by atoms with E-state index < -0.39 is 11.9 Å². The number of benzene rings is 3. The molecule has 0 saturated heterocycles. The van der Waals surface area contributed by atoms with E-state index in [1.54, 1.807) is 24.4 Å². The predicted octanol–water partition coefficient (Wildman–Crippen LogP) is 4.82. The molecule has 1 aromatic heterocycles. The van der Waals surface area contributed by atoms with Crippen molar-refractivity contribution < 1.29 is 24.2 Å². The first-order valence-corrected chi connectivity index (χ1v) is 12.3. The fourth-order valence-electron chi connectivity index (χ4n) is 4.57. The van der Waals surface area contributed by atoms with Gasteiger partial charge in [-0.05, 0) is 60.0 Å². The molecule has 0 bridgehead atoms. The number of aliphatic carboxylic acids is 1. The smallest absolute Gasteiger partial charge is 0.337 e. The molecule has 1 aliphatic heterocycles. The highest BCUT2D eigenvalue weighted by atomic mass is 16.5. The Bertz CT molecular complexity index is 1620. The topological polar surface area (TPSA) is 123 Å². The number of imidazole rings is 1. The minimum atomic E-state index is -0.879. The van der Waals surface area contributed by atoms with Crippen LogP contribution in [-0.2, 0) is 27.8 Å². The summed E-state index contributed by atoms with van der Waals surface area (Å²) in [5.41, 5.74) is 5.67. The van der Waals surface area contributed by atoms with Gasteiger partial charge in [0.05, 0.1) is 29.6 Å². The number of hydrogen-bond donors (Lipinski definition) is 3. The van der Waals surface area contributed by atoms with Gasteiger partial charge in [0.2, 0.25) is 0 Å².